The molecular weight excluding hydrogens is 371 g/mol. The van der Waals surface area contributed by atoms with Gasteiger partial charge < -0.3 is 10.6 Å². The van der Waals surface area contributed by atoms with Gasteiger partial charge in [0.2, 0.25) is 0 Å². The molecule has 2 aromatic rings. The summed E-state index contributed by atoms with van der Waals surface area (Å²) in [6.45, 7) is 6.93. The molecule has 0 radical (unpaired) electrons. The normalized spacial score (nSPS) is 20.2. The van der Waals surface area contributed by atoms with Crippen LogP contribution in [0.2, 0.25) is 0 Å². The van der Waals surface area contributed by atoms with Gasteiger partial charge in [-0.15, -0.1) is 0 Å². The molecule has 1 fully saturated rings. The lowest BCUT2D eigenvalue weighted by Crippen LogP contribution is -2.35. The van der Waals surface area contributed by atoms with E-state index in [0.29, 0.717) is 24.3 Å². The topological polar surface area (TPSA) is 77.0 Å². The van der Waals surface area contributed by atoms with E-state index in [0.717, 1.165) is 18.7 Å². The van der Waals surface area contributed by atoms with Crippen molar-refractivity contribution in [1.29, 1.82) is 0 Å². The first-order valence-corrected chi connectivity index (χ1v) is 9.26. The molecule has 0 saturated carbocycles. The minimum atomic E-state index is -4.46. The van der Waals surface area contributed by atoms with Gasteiger partial charge in [0.25, 0.3) is 5.91 Å². The number of hydrogen-bond acceptors (Lipinski definition) is 4. The summed E-state index contributed by atoms with van der Waals surface area (Å²) in [4.78, 5) is 18.8. The Bertz CT molecular complexity index is 844. The van der Waals surface area contributed by atoms with Gasteiger partial charge in [0.1, 0.15) is 0 Å². The third-order valence-electron chi connectivity index (χ3n) is 5.13. The molecular formula is C19H24F3N5O. The third-order valence-corrected chi connectivity index (χ3v) is 5.13. The number of halogens is 3. The Morgan fingerprint density at radius 3 is 2.54 bits per heavy atom. The van der Waals surface area contributed by atoms with Gasteiger partial charge in [-0.2, -0.15) is 18.3 Å². The number of aromatic nitrogens is 3. The van der Waals surface area contributed by atoms with E-state index < -0.39 is 11.7 Å². The number of rotatable bonds is 4. The molecule has 2 aromatic heterocycles. The van der Waals surface area contributed by atoms with E-state index >= 15 is 0 Å². The number of alkyl halides is 3. The lowest BCUT2D eigenvalue weighted by Gasteiger charge is -2.22. The fourth-order valence-corrected chi connectivity index (χ4v) is 3.69. The van der Waals surface area contributed by atoms with E-state index in [1.807, 2.05) is 20.8 Å². The second-order valence-corrected chi connectivity index (χ2v) is 7.56. The molecule has 2 unspecified atom stereocenters. The van der Waals surface area contributed by atoms with Crippen LogP contribution in [0.1, 0.15) is 54.7 Å². The Kier molecular flexibility index (Phi) is 5.47. The van der Waals surface area contributed by atoms with Crippen molar-refractivity contribution in [3.8, 4) is 5.82 Å². The number of hydrogen-bond donors (Lipinski definition) is 1. The first-order chi connectivity index (χ1) is 13.1. The van der Waals surface area contributed by atoms with Crippen molar-refractivity contribution < 1.29 is 18.0 Å². The summed E-state index contributed by atoms with van der Waals surface area (Å²) in [5.74, 6) is 0.303. The third kappa shape index (κ3) is 3.76. The van der Waals surface area contributed by atoms with Crippen LogP contribution < -0.4 is 5.73 Å². The molecule has 0 bridgehead atoms. The summed E-state index contributed by atoms with van der Waals surface area (Å²) in [6, 6.07) is 2.30. The molecule has 0 aliphatic carbocycles. The molecule has 1 aliphatic rings. The number of nitrogens with zero attached hydrogens (tertiary/aromatic N) is 4. The average Bonchev–Trinajstić information content (AvgIpc) is 3.24. The Morgan fingerprint density at radius 1 is 1.32 bits per heavy atom. The highest BCUT2D eigenvalue weighted by atomic mass is 19.4. The highest BCUT2D eigenvalue weighted by molar-refractivity contribution is 5.95. The zero-order valence-corrected chi connectivity index (χ0v) is 16.1. The predicted octanol–water partition coefficient (Wildman–Crippen LogP) is 3.22. The quantitative estimate of drug-likeness (QED) is 0.862. The van der Waals surface area contributed by atoms with Crippen LogP contribution in [-0.2, 0) is 6.18 Å². The number of likely N-dealkylation sites (tertiary alicyclic amines) is 1. The summed E-state index contributed by atoms with van der Waals surface area (Å²) in [5.41, 5.74) is 6.00. The zero-order valence-electron chi connectivity index (χ0n) is 16.1. The molecule has 2 N–H and O–H groups in total. The smallest absolute Gasteiger partial charge is 0.335 e. The Morgan fingerprint density at radius 2 is 2.04 bits per heavy atom. The van der Waals surface area contributed by atoms with Crippen LogP contribution in [0.3, 0.4) is 0 Å². The van der Waals surface area contributed by atoms with Crippen molar-refractivity contribution in [3.05, 3.63) is 41.3 Å². The van der Waals surface area contributed by atoms with Crippen molar-refractivity contribution in [2.45, 2.75) is 45.3 Å². The summed E-state index contributed by atoms with van der Waals surface area (Å²) in [7, 11) is 0. The van der Waals surface area contributed by atoms with Crippen LogP contribution in [0.5, 0.6) is 0 Å². The second kappa shape index (κ2) is 7.54. The van der Waals surface area contributed by atoms with Gasteiger partial charge in [0, 0.05) is 18.8 Å². The zero-order chi connectivity index (χ0) is 20.6. The lowest BCUT2D eigenvalue weighted by atomic mass is 10.0. The van der Waals surface area contributed by atoms with Crippen molar-refractivity contribution in [1.82, 2.24) is 19.7 Å². The molecule has 1 aliphatic heterocycles. The predicted molar refractivity (Wildman–Crippen MR) is 98.1 cm³/mol. The molecule has 0 spiro atoms. The summed E-state index contributed by atoms with van der Waals surface area (Å²) in [5, 5.41) is 4.26. The summed E-state index contributed by atoms with van der Waals surface area (Å²) in [6.07, 6.45) is -1.35. The minimum absolute atomic E-state index is 0.0752. The van der Waals surface area contributed by atoms with Gasteiger partial charge in [-0.25, -0.2) is 9.67 Å². The fraction of sp³-hybridized carbons (Fsp3) is 0.526. The van der Waals surface area contributed by atoms with Crippen molar-refractivity contribution in [2.75, 3.05) is 13.1 Å². The van der Waals surface area contributed by atoms with E-state index in [2.05, 4.69) is 10.1 Å². The largest absolute Gasteiger partial charge is 0.417 e. The number of carbonyl (C=O) groups excluding carboxylic acids is 1. The molecule has 6 nitrogen and oxygen atoms in total. The maximum atomic E-state index is 13.1. The minimum Gasteiger partial charge on any atom is -0.335 e. The molecule has 1 amide bonds. The molecule has 28 heavy (non-hydrogen) atoms. The number of nitrogens with two attached hydrogens (primary N) is 1. The maximum absolute atomic E-state index is 13.1. The van der Waals surface area contributed by atoms with Crippen LogP contribution in [0.25, 0.3) is 5.82 Å². The number of amides is 1. The van der Waals surface area contributed by atoms with Crippen LogP contribution >= 0.6 is 0 Å². The van der Waals surface area contributed by atoms with E-state index in [1.54, 1.807) is 4.90 Å². The molecule has 152 valence electrons. The van der Waals surface area contributed by atoms with Gasteiger partial charge in [0.05, 0.1) is 23.0 Å². The summed E-state index contributed by atoms with van der Waals surface area (Å²) >= 11 is 0. The Hall–Kier alpha value is -2.42. The van der Waals surface area contributed by atoms with Crippen LogP contribution in [0, 0.1) is 5.92 Å². The van der Waals surface area contributed by atoms with E-state index in [-0.39, 0.29) is 29.6 Å². The molecule has 9 heteroatoms. The van der Waals surface area contributed by atoms with E-state index in [9.17, 15) is 18.0 Å². The highest BCUT2D eigenvalue weighted by Gasteiger charge is 2.35. The van der Waals surface area contributed by atoms with Gasteiger partial charge >= 0.3 is 6.18 Å². The number of carbonyl (C=O) groups is 1. The van der Waals surface area contributed by atoms with Crippen LogP contribution in [0.15, 0.2) is 24.5 Å². The van der Waals surface area contributed by atoms with Crippen molar-refractivity contribution in [2.24, 2.45) is 11.7 Å². The van der Waals surface area contributed by atoms with Crippen molar-refractivity contribution in [3.63, 3.8) is 0 Å². The van der Waals surface area contributed by atoms with Gasteiger partial charge in [-0.05, 0) is 43.9 Å². The standard InChI is InChI=1S/C19H24F3N5O/c1-11(2)17-15(18(28)26-10-13(7-23)6-12(26)3)9-25-27(17)16-5-4-14(8-24-16)19(20,21)22/h4-5,8-9,11-13H,6-7,10,23H2,1-3H3. The van der Waals surface area contributed by atoms with Gasteiger partial charge in [-0.1, -0.05) is 13.8 Å². The maximum Gasteiger partial charge on any atom is 0.417 e. The SMILES string of the molecule is CC(C)c1c(C(=O)N2CC(CN)CC2C)cnn1-c1ccc(C(F)(F)F)cn1. The summed E-state index contributed by atoms with van der Waals surface area (Å²) < 4.78 is 39.8. The van der Waals surface area contributed by atoms with E-state index in [1.165, 1.54) is 16.9 Å². The molecule has 3 heterocycles. The molecule has 3 rings (SSSR count). The molecule has 1 saturated heterocycles. The number of pyridine rings is 1. The van der Waals surface area contributed by atoms with E-state index in [4.69, 9.17) is 5.73 Å². The van der Waals surface area contributed by atoms with Crippen LogP contribution in [0.4, 0.5) is 13.2 Å². The molecule has 2 atom stereocenters. The Balaban J connectivity index is 1.95. The highest BCUT2D eigenvalue weighted by Crippen LogP contribution is 2.31. The monoisotopic (exact) mass is 395 g/mol. The van der Waals surface area contributed by atoms with Gasteiger partial charge in [0.15, 0.2) is 5.82 Å². The van der Waals surface area contributed by atoms with Crippen molar-refractivity contribution >= 4 is 5.91 Å². The van der Waals surface area contributed by atoms with Crippen LogP contribution in [-0.4, -0.2) is 44.7 Å². The van der Waals surface area contributed by atoms with Gasteiger partial charge in [-0.3, -0.25) is 4.79 Å². The lowest BCUT2D eigenvalue weighted by molar-refractivity contribution is -0.137. The second-order valence-electron chi connectivity index (χ2n) is 7.56. The average molecular weight is 395 g/mol. The first-order valence-electron chi connectivity index (χ1n) is 9.26. The fourth-order valence-electron chi connectivity index (χ4n) is 3.69. The molecule has 0 aromatic carbocycles. The Labute approximate surface area is 161 Å². The first kappa shape index (κ1) is 20.3.